The summed E-state index contributed by atoms with van der Waals surface area (Å²) < 4.78 is 19.7. The quantitative estimate of drug-likeness (QED) is 0.471. The molecule has 3 N–H and O–H groups in total. The van der Waals surface area contributed by atoms with Gasteiger partial charge in [0, 0.05) is 11.4 Å². The van der Waals surface area contributed by atoms with Crippen LogP contribution >= 0.6 is 11.3 Å². The number of nitriles is 1. The summed E-state index contributed by atoms with van der Waals surface area (Å²) >= 11 is 1.08. The lowest BCUT2D eigenvalue weighted by Crippen LogP contribution is -2.22. The number of aliphatic hydroxyl groups is 1. The smallest absolute Gasteiger partial charge is 0.355 e. The van der Waals surface area contributed by atoms with E-state index < -0.39 is 21.5 Å². The predicted octanol–water partition coefficient (Wildman–Crippen LogP) is 3.95. The molecule has 0 saturated heterocycles. The van der Waals surface area contributed by atoms with Crippen LogP contribution in [0.3, 0.4) is 0 Å². The van der Waals surface area contributed by atoms with Crippen LogP contribution in [-0.2, 0) is 34.8 Å². The highest BCUT2D eigenvalue weighted by Crippen LogP contribution is 2.41. The van der Waals surface area contributed by atoms with Gasteiger partial charge in [0.25, 0.3) is 0 Å². The lowest BCUT2D eigenvalue weighted by molar-refractivity contribution is 0.0789. The van der Waals surface area contributed by atoms with Gasteiger partial charge in [-0.1, -0.05) is 6.92 Å². The van der Waals surface area contributed by atoms with Crippen molar-refractivity contribution in [1.82, 2.24) is 9.71 Å². The van der Waals surface area contributed by atoms with E-state index in [1.54, 1.807) is 25.4 Å². The van der Waals surface area contributed by atoms with Gasteiger partial charge in [-0.2, -0.15) is 5.26 Å². The Bertz CT molecular complexity index is 1210. The number of nitrogens with one attached hydrogen (secondary N) is 2. The number of fused-ring (bicyclic) bond motifs is 2. The first-order valence-electron chi connectivity index (χ1n) is 10.2. The Hall–Kier alpha value is -2.48. The van der Waals surface area contributed by atoms with Crippen molar-refractivity contribution in [2.75, 3.05) is 5.32 Å². The summed E-state index contributed by atoms with van der Waals surface area (Å²) in [6.07, 6.45) is 6.17. The second-order valence-electron chi connectivity index (χ2n) is 8.54. The van der Waals surface area contributed by atoms with E-state index >= 15 is 0 Å². The molecule has 0 aliphatic heterocycles. The maximum absolute atomic E-state index is 13.4. The largest absolute Gasteiger partial charge is 0.386 e. The number of amides is 2. The van der Waals surface area contributed by atoms with Crippen LogP contribution in [0.5, 0.6) is 0 Å². The second-order valence-corrected chi connectivity index (χ2v) is 11.6. The number of thiophene rings is 1. The van der Waals surface area contributed by atoms with Gasteiger partial charge in [-0.25, -0.2) is 13.7 Å². The van der Waals surface area contributed by atoms with Gasteiger partial charge in [0.1, 0.15) is 4.21 Å². The standard InChI is InChI=1S/C21H25N5O3S2/c1-12-7-8-15-18(12)24-16-6-4-5-14(16)19(15)25-20(27)26-31(29,23-11-22)17-9-13(10-30-17)21(2,3)28/h9-10,12,28H,4-8H2,1-3H3,(H2,23,24,25,26,27,29)/t12-,31+/m0/s1. The van der Waals surface area contributed by atoms with E-state index in [1.807, 2.05) is 0 Å². The first kappa shape index (κ1) is 21.7. The molecular weight excluding hydrogens is 434 g/mol. The topological polar surface area (TPSA) is 127 Å². The average Bonchev–Trinajstić information content (AvgIpc) is 3.41. The monoisotopic (exact) mass is 459 g/mol. The minimum absolute atomic E-state index is 0.208. The van der Waals surface area contributed by atoms with E-state index in [0.29, 0.717) is 11.5 Å². The van der Waals surface area contributed by atoms with Crippen LogP contribution in [0.25, 0.3) is 0 Å². The van der Waals surface area contributed by atoms with E-state index in [4.69, 9.17) is 10.2 Å². The molecule has 2 atom stereocenters. The van der Waals surface area contributed by atoms with E-state index in [1.165, 1.54) is 6.07 Å². The predicted molar refractivity (Wildman–Crippen MR) is 119 cm³/mol. The lowest BCUT2D eigenvalue weighted by Gasteiger charge is -2.15. The van der Waals surface area contributed by atoms with Crippen LogP contribution < -0.4 is 10.0 Å². The van der Waals surface area contributed by atoms with Crippen LogP contribution in [0.2, 0.25) is 0 Å². The van der Waals surface area contributed by atoms with Crippen molar-refractivity contribution in [3.05, 3.63) is 39.5 Å². The third-order valence-electron chi connectivity index (χ3n) is 5.83. The zero-order chi connectivity index (χ0) is 22.4. The van der Waals surface area contributed by atoms with Crippen molar-refractivity contribution in [1.29, 1.82) is 5.26 Å². The molecule has 10 heteroatoms. The van der Waals surface area contributed by atoms with Gasteiger partial charge in [0.15, 0.2) is 16.1 Å². The first-order chi connectivity index (χ1) is 14.6. The van der Waals surface area contributed by atoms with Crippen molar-refractivity contribution >= 4 is 33.0 Å². The molecule has 0 spiro atoms. The van der Waals surface area contributed by atoms with Crippen molar-refractivity contribution < 1.29 is 14.1 Å². The number of carbonyl (C=O) groups excluding carboxylic acids is 1. The van der Waals surface area contributed by atoms with Crippen LogP contribution in [0.1, 0.15) is 67.6 Å². The molecule has 2 aromatic heterocycles. The fourth-order valence-electron chi connectivity index (χ4n) is 4.16. The second kappa shape index (κ2) is 7.89. The summed E-state index contributed by atoms with van der Waals surface area (Å²) in [5.74, 6) is 0.337. The summed E-state index contributed by atoms with van der Waals surface area (Å²) in [4.78, 5) is 17.7. The molecule has 2 heterocycles. The maximum atomic E-state index is 13.4. The van der Waals surface area contributed by atoms with E-state index in [0.717, 1.165) is 71.6 Å². The highest BCUT2D eigenvalue weighted by Gasteiger charge is 2.30. The summed E-state index contributed by atoms with van der Waals surface area (Å²) in [6.45, 7) is 5.35. The van der Waals surface area contributed by atoms with Gasteiger partial charge < -0.3 is 10.4 Å². The van der Waals surface area contributed by atoms with Crippen LogP contribution in [0.15, 0.2) is 20.0 Å². The molecule has 2 aliphatic carbocycles. The SMILES string of the molecule is C[C@H]1CCc2c1nc1c(c2NC(=O)N=[S@](=O)(NC#N)c2cc(C(C)(C)O)cs2)CCC1. The molecule has 0 aromatic carbocycles. The maximum Gasteiger partial charge on any atom is 0.355 e. The third-order valence-corrected chi connectivity index (χ3v) is 8.98. The van der Waals surface area contributed by atoms with Crippen LogP contribution in [-0.4, -0.2) is 20.3 Å². The van der Waals surface area contributed by atoms with Crippen molar-refractivity contribution in [3.8, 4) is 6.19 Å². The number of hydrogen-bond acceptors (Lipinski definition) is 6. The summed E-state index contributed by atoms with van der Waals surface area (Å²) in [6, 6.07) is 0.741. The number of pyridine rings is 1. The summed E-state index contributed by atoms with van der Waals surface area (Å²) in [5, 5.41) is 23.8. The minimum atomic E-state index is -3.52. The number of anilines is 1. The average molecular weight is 460 g/mol. The molecule has 2 amide bonds. The summed E-state index contributed by atoms with van der Waals surface area (Å²) in [7, 11) is -3.52. The van der Waals surface area contributed by atoms with E-state index in [-0.39, 0.29) is 4.21 Å². The number of aryl methyl sites for hydroxylation is 1. The molecule has 0 radical (unpaired) electrons. The number of nitrogens with zero attached hydrogens (tertiary/aromatic N) is 3. The van der Waals surface area contributed by atoms with Gasteiger partial charge in [-0.05, 0) is 80.0 Å². The van der Waals surface area contributed by atoms with Crippen LogP contribution in [0, 0.1) is 11.5 Å². The zero-order valence-corrected chi connectivity index (χ0v) is 19.3. The molecule has 0 bridgehead atoms. The molecule has 0 unspecified atom stereocenters. The molecule has 0 saturated carbocycles. The Morgan fingerprint density at radius 2 is 2.16 bits per heavy atom. The zero-order valence-electron chi connectivity index (χ0n) is 17.7. The molecule has 31 heavy (non-hydrogen) atoms. The Morgan fingerprint density at radius 1 is 1.39 bits per heavy atom. The normalized spacial score (nSPS) is 19.1. The Balaban J connectivity index is 1.72. The molecule has 2 aromatic rings. The third kappa shape index (κ3) is 4.05. The highest BCUT2D eigenvalue weighted by molar-refractivity contribution is 7.94. The minimum Gasteiger partial charge on any atom is -0.386 e. The van der Waals surface area contributed by atoms with Gasteiger partial charge in [0.05, 0.1) is 11.3 Å². The van der Waals surface area contributed by atoms with E-state index in [9.17, 15) is 14.1 Å². The van der Waals surface area contributed by atoms with Gasteiger partial charge in [0.2, 0.25) is 0 Å². The molecule has 164 valence electrons. The van der Waals surface area contributed by atoms with E-state index in [2.05, 4.69) is 21.3 Å². The Kier molecular flexibility index (Phi) is 5.54. The molecular formula is C21H25N5O3S2. The number of carbonyl (C=O) groups is 1. The van der Waals surface area contributed by atoms with Crippen molar-refractivity contribution in [2.24, 2.45) is 4.36 Å². The Labute approximate surface area is 186 Å². The van der Waals surface area contributed by atoms with Gasteiger partial charge >= 0.3 is 6.03 Å². The fourth-order valence-corrected chi connectivity index (χ4v) is 6.78. The number of urea groups is 1. The lowest BCUT2D eigenvalue weighted by atomic mass is 10.0. The number of hydrogen-bond donors (Lipinski definition) is 3. The fraction of sp³-hybridized carbons (Fsp3) is 0.476. The summed E-state index contributed by atoms with van der Waals surface area (Å²) in [5.41, 5.74) is 4.27. The Morgan fingerprint density at radius 3 is 2.84 bits per heavy atom. The highest BCUT2D eigenvalue weighted by atomic mass is 32.2. The van der Waals surface area contributed by atoms with Gasteiger partial charge in [-0.15, -0.1) is 15.7 Å². The molecule has 4 rings (SSSR count). The molecule has 8 nitrogen and oxygen atoms in total. The van der Waals surface area contributed by atoms with Crippen LogP contribution in [0.4, 0.5) is 10.5 Å². The first-order valence-corrected chi connectivity index (χ1v) is 12.6. The van der Waals surface area contributed by atoms with Crippen molar-refractivity contribution in [3.63, 3.8) is 0 Å². The van der Waals surface area contributed by atoms with Crippen molar-refractivity contribution in [2.45, 2.75) is 68.6 Å². The number of rotatable bonds is 4. The number of aromatic nitrogens is 1. The molecule has 2 aliphatic rings. The van der Waals surface area contributed by atoms with Gasteiger partial charge in [-0.3, -0.25) is 4.98 Å². The molecule has 0 fully saturated rings.